The fourth-order valence-electron chi connectivity index (χ4n) is 10.2. The highest BCUT2D eigenvalue weighted by Gasteiger charge is 2.76. The SMILES string of the molecule is C=N[C@@]12CC3[C@H]4C(CC[C@]3(C)C1CC=C1OC(=O)[C@@H](O)[C@@]12C)[C@@]1(C)CCCCC1C(=O)[C@@H]4O. The van der Waals surface area contributed by atoms with Crippen LogP contribution in [-0.2, 0) is 14.3 Å². The number of nitrogens with zero attached hydrogens (tertiary/aromatic N) is 1. The van der Waals surface area contributed by atoms with Gasteiger partial charge in [-0.25, -0.2) is 4.79 Å². The second kappa shape index (κ2) is 6.57. The van der Waals surface area contributed by atoms with E-state index in [1.54, 1.807) is 0 Å². The summed E-state index contributed by atoms with van der Waals surface area (Å²) in [6.07, 6.45) is 7.26. The van der Waals surface area contributed by atoms with Crippen LogP contribution in [-0.4, -0.2) is 46.4 Å². The fraction of sp³-hybridized carbons (Fsp3) is 0.815. The molecule has 4 unspecified atom stereocenters. The number of fused-ring (bicyclic) bond motifs is 9. The predicted octanol–water partition coefficient (Wildman–Crippen LogP) is 3.45. The largest absolute Gasteiger partial charge is 0.429 e. The zero-order chi connectivity index (χ0) is 23.6. The summed E-state index contributed by atoms with van der Waals surface area (Å²) < 4.78 is 5.51. The number of carbonyl (C=O) groups excluding carboxylic acids is 2. The minimum Gasteiger partial charge on any atom is -0.429 e. The monoisotopic (exact) mass is 455 g/mol. The number of aliphatic hydroxyl groups is 2. The van der Waals surface area contributed by atoms with Gasteiger partial charge in [0, 0.05) is 5.92 Å². The molecule has 5 aliphatic carbocycles. The van der Waals surface area contributed by atoms with Gasteiger partial charge in [0.1, 0.15) is 11.9 Å². The van der Waals surface area contributed by atoms with Crippen LogP contribution in [0.15, 0.2) is 16.8 Å². The molecule has 1 aliphatic heterocycles. The molecule has 6 aliphatic rings. The average molecular weight is 456 g/mol. The Morgan fingerprint density at radius 3 is 2.55 bits per heavy atom. The Morgan fingerprint density at radius 2 is 1.82 bits per heavy atom. The minimum atomic E-state index is -1.28. The minimum absolute atomic E-state index is 0.0320. The third-order valence-electron chi connectivity index (χ3n) is 12.0. The number of hydrogen-bond donors (Lipinski definition) is 2. The van der Waals surface area contributed by atoms with Gasteiger partial charge in [-0.3, -0.25) is 9.79 Å². The first-order valence-corrected chi connectivity index (χ1v) is 12.9. The highest BCUT2D eigenvalue weighted by Crippen LogP contribution is 2.74. The highest BCUT2D eigenvalue weighted by atomic mass is 16.6. The van der Waals surface area contributed by atoms with Gasteiger partial charge in [0.2, 0.25) is 0 Å². The molecule has 0 aromatic heterocycles. The molecule has 0 aromatic carbocycles. The number of Topliss-reactive ketones (excluding diaryl/α,β-unsaturated/α-hetero) is 1. The molecule has 180 valence electrons. The summed E-state index contributed by atoms with van der Waals surface area (Å²) in [6, 6.07) is 0. The Balaban J connectivity index is 1.47. The lowest BCUT2D eigenvalue weighted by Crippen LogP contribution is -2.61. The molecule has 1 saturated heterocycles. The summed E-state index contributed by atoms with van der Waals surface area (Å²) in [5.41, 5.74) is -1.93. The van der Waals surface area contributed by atoms with E-state index in [1.165, 1.54) is 0 Å². The molecule has 4 saturated carbocycles. The molecule has 11 atom stereocenters. The number of hydrogen-bond acceptors (Lipinski definition) is 6. The standard InChI is InChI=1S/C27H37NO5/c1-24-11-6-5-7-15(24)20(29)21(30)19-14(24)10-12-25(2)16(19)13-27(28-4)17(25)8-9-18-26(27,3)22(31)23(32)33-18/h9,14-17,19,21-22,30-31H,4-8,10-13H2,1-3H3/t14?,15?,16?,17?,19-,21-,22-,24-,25+,26-,27+/m1/s1. The Labute approximate surface area is 195 Å². The van der Waals surface area contributed by atoms with E-state index in [0.29, 0.717) is 24.5 Å². The summed E-state index contributed by atoms with van der Waals surface area (Å²) in [7, 11) is 0. The normalized spacial score (nSPS) is 57.1. The molecule has 0 radical (unpaired) electrons. The molecule has 0 amide bonds. The van der Waals surface area contributed by atoms with Crippen molar-refractivity contribution < 1.29 is 24.5 Å². The van der Waals surface area contributed by atoms with Gasteiger partial charge in [0.15, 0.2) is 11.9 Å². The summed E-state index contributed by atoms with van der Waals surface area (Å²) in [5.74, 6) is 0.267. The van der Waals surface area contributed by atoms with Crippen molar-refractivity contribution in [2.75, 3.05) is 0 Å². The second-order valence-electron chi connectivity index (χ2n) is 12.7. The van der Waals surface area contributed by atoms with Gasteiger partial charge in [0.05, 0.1) is 11.0 Å². The number of aliphatic imine (C=N–C) groups is 1. The van der Waals surface area contributed by atoms with Crippen molar-refractivity contribution in [3.63, 3.8) is 0 Å². The number of rotatable bonds is 1. The number of ether oxygens (including phenoxy) is 1. The molecule has 0 spiro atoms. The van der Waals surface area contributed by atoms with Crippen molar-refractivity contribution in [3.8, 4) is 0 Å². The molecule has 0 bridgehead atoms. The molecule has 6 rings (SSSR count). The molecule has 1 heterocycles. The van der Waals surface area contributed by atoms with E-state index < -0.39 is 29.1 Å². The van der Waals surface area contributed by atoms with Gasteiger partial charge in [-0.15, -0.1) is 0 Å². The summed E-state index contributed by atoms with van der Waals surface area (Å²) in [5, 5.41) is 22.5. The van der Waals surface area contributed by atoms with Crippen LogP contribution < -0.4 is 0 Å². The number of ketones is 1. The van der Waals surface area contributed by atoms with Crippen molar-refractivity contribution in [2.24, 2.45) is 50.8 Å². The zero-order valence-electron chi connectivity index (χ0n) is 20.0. The molecule has 2 N–H and O–H groups in total. The van der Waals surface area contributed by atoms with Crippen LogP contribution in [0.25, 0.3) is 0 Å². The third kappa shape index (κ3) is 2.26. The number of carbonyl (C=O) groups is 2. The highest BCUT2D eigenvalue weighted by molar-refractivity contribution is 5.87. The Hall–Kier alpha value is -1.53. The zero-order valence-corrected chi connectivity index (χ0v) is 20.0. The van der Waals surface area contributed by atoms with Crippen LogP contribution in [0.3, 0.4) is 0 Å². The van der Waals surface area contributed by atoms with E-state index in [1.807, 2.05) is 13.0 Å². The van der Waals surface area contributed by atoms with Crippen molar-refractivity contribution in [1.82, 2.24) is 0 Å². The topological polar surface area (TPSA) is 96.2 Å². The summed E-state index contributed by atoms with van der Waals surface area (Å²) in [6.45, 7) is 10.5. The Bertz CT molecular complexity index is 976. The van der Waals surface area contributed by atoms with Crippen LogP contribution in [0.2, 0.25) is 0 Å². The van der Waals surface area contributed by atoms with Crippen LogP contribution in [0.4, 0.5) is 0 Å². The molecular formula is C27H37NO5. The van der Waals surface area contributed by atoms with Crippen molar-refractivity contribution in [3.05, 3.63) is 11.8 Å². The molecule has 6 heteroatoms. The quantitative estimate of drug-likeness (QED) is 0.466. The molecule has 5 fully saturated rings. The first-order chi connectivity index (χ1) is 15.6. The van der Waals surface area contributed by atoms with Crippen molar-refractivity contribution >= 4 is 18.5 Å². The maximum absolute atomic E-state index is 13.5. The third-order valence-corrected chi connectivity index (χ3v) is 12.0. The fourth-order valence-corrected chi connectivity index (χ4v) is 10.2. The number of esters is 1. The van der Waals surface area contributed by atoms with Crippen LogP contribution in [0.1, 0.15) is 72.1 Å². The van der Waals surface area contributed by atoms with Crippen LogP contribution in [0.5, 0.6) is 0 Å². The maximum atomic E-state index is 13.5. The van der Waals surface area contributed by atoms with E-state index in [9.17, 15) is 19.8 Å². The molecule has 33 heavy (non-hydrogen) atoms. The van der Waals surface area contributed by atoms with Gasteiger partial charge in [-0.2, -0.15) is 0 Å². The van der Waals surface area contributed by atoms with E-state index in [-0.39, 0.29) is 40.3 Å². The van der Waals surface area contributed by atoms with Gasteiger partial charge in [-0.1, -0.05) is 26.7 Å². The average Bonchev–Trinajstić information content (AvgIpc) is 3.20. The maximum Gasteiger partial charge on any atom is 0.341 e. The van der Waals surface area contributed by atoms with Gasteiger partial charge in [-0.05, 0) is 92.7 Å². The first kappa shape index (κ1) is 22.0. The Kier molecular flexibility index (Phi) is 4.37. The second-order valence-corrected chi connectivity index (χ2v) is 12.7. The lowest BCUT2D eigenvalue weighted by Gasteiger charge is -2.61. The van der Waals surface area contributed by atoms with Crippen molar-refractivity contribution in [1.29, 1.82) is 0 Å². The molecule has 0 aromatic rings. The van der Waals surface area contributed by atoms with Gasteiger partial charge < -0.3 is 14.9 Å². The predicted molar refractivity (Wildman–Crippen MR) is 122 cm³/mol. The Morgan fingerprint density at radius 1 is 1.06 bits per heavy atom. The van der Waals surface area contributed by atoms with Crippen LogP contribution >= 0.6 is 0 Å². The molecule has 6 nitrogen and oxygen atoms in total. The molecular weight excluding hydrogens is 418 g/mol. The number of allylic oxidation sites excluding steroid dienone is 1. The van der Waals surface area contributed by atoms with Gasteiger partial charge in [0.25, 0.3) is 0 Å². The number of aliphatic hydroxyl groups excluding tert-OH is 2. The lowest BCUT2D eigenvalue weighted by molar-refractivity contribution is -0.178. The van der Waals surface area contributed by atoms with Crippen molar-refractivity contribution in [2.45, 2.75) is 89.9 Å². The summed E-state index contributed by atoms with van der Waals surface area (Å²) in [4.78, 5) is 30.7. The smallest absolute Gasteiger partial charge is 0.341 e. The van der Waals surface area contributed by atoms with Crippen LogP contribution in [0, 0.1) is 45.8 Å². The first-order valence-electron chi connectivity index (χ1n) is 12.9. The summed E-state index contributed by atoms with van der Waals surface area (Å²) >= 11 is 0. The van der Waals surface area contributed by atoms with E-state index in [4.69, 9.17) is 9.73 Å². The lowest BCUT2D eigenvalue weighted by atomic mass is 9.43. The van der Waals surface area contributed by atoms with Gasteiger partial charge >= 0.3 is 5.97 Å². The van der Waals surface area contributed by atoms with E-state index in [2.05, 4.69) is 20.6 Å². The van der Waals surface area contributed by atoms with E-state index in [0.717, 1.165) is 38.5 Å². The van der Waals surface area contributed by atoms with E-state index >= 15 is 0 Å².